The molecule has 0 N–H and O–H groups in total. The maximum atomic E-state index is 11.9. The van der Waals surface area contributed by atoms with E-state index < -0.39 is 5.97 Å². The average Bonchev–Trinajstić information content (AvgIpc) is 2.72. The Morgan fingerprint density at radius 2 is 2.06 bits per heavy atom. The summed E-state index contributed by atoms with van der Waals surface area (Å²) in [5, 5.41) is 7.89. The van der Waals surface area contributed by atoms with Crippen LogP contribution in [-0.2, 0) is 11.8 Å². The van der Waals surface area contributed by atoms with E-state index in [-0.39, 0.29) is 0 Å². The topological polar surface area (TPSA) is 57.0 Å². The standard InChI is InChI=1S/C12H12BrN3O2/c1-3-18-12(17)11-10(14-15-16(11)2)8-4-6-9(13)7-5-8/h4-7H,3H2,1-2H3. The molecule has 0 radical (unpaired) electrons. The lowest BCUT2D eigenvalue weighted by atomic mass is 10.1. The summed E-state index contributed by atoms with van der Waals surface area (Å²) >= 11 is 3.36. The molecule has 0 saturated carbocycles. The minimum atomic E-state index is -0.414. The van der Waals surface area contributed by atoms with Gasteiger partial charge in [-0.25, -0.2) is 9.48 Å². The fourth-order valence-corrected chi connectivity index (χ4v) is 1.85. The predicted octanol–water partition coefficient (Wildman–Crippen LogP) is 2.42. The molecule has 0 unspecified atom stereocenters. The van der Waals surface area contributed by atoms with Gasteiger partial charge in [0.1, 0.15) is 5.69 Å². The zero-order chi connectivity index (χ0) is 13.1. The molecule has 1 heterocycles. The molecule has 6 heteroatoms. The van der Waals surface area contributed by atoms with Crippen LogP contribution in [-0.4, -0.2) is 27.6 Å². The van der Waals surface area contributed by atoms with Crippen molar-refractivity contribution in [3.05, 3.63) is 34.4 Å². The normalized spacial score (nSPS) is 10.4. The van der Waals surface area contributed by atoms with E-state index in [2.05, 4.69) is 26.2 Å². The van der Waals surface area contributed by atoms with Crippen LogP contribution in [0.5, 0.6) is 0 Å². The second kappa shape index (κ2) is 5.30. The first kappa shape index (κ1) is 12.8. The van der Waals surface area contributed by atoms with Gasteiger partial charge in [0.2, 0.25) is 0 Å². The fourth-order valence-electron chi connectivity index (χ4n) is 1.59. The van der Waals surface area contributed by atoms with Crippen LogP contribution in [0.4, 0.5) is 0 Å². The lowest BCUT2D eigenvalue weighted by Crippen LogP contribution is -2.11. The van der Waals surface area contributed by atoms with E-state index in [1.165, 1.54) is 4.68 Å². The molecular weight excluding hydrogens is 298 g/mol. The van der Waals surface area contributed by atoms with E-state index in [1.54, 1.807) is 14.0 Å². The molecule has 0 aliphatic rings. The van der Waals surface area contributed by atoms with Crippen LogP contribution in [0.2, 0.25) is 0 Å². The second-order valence-corrected chi connectivity index (χ2v) is 4.55. The molecule has 1 aromatic carbocycles. The van der Waals surface area contributed by atoms with E-state index in [0.29, 0.717) is 18.0 Å². The maximum Gasteiger partial charge on any atom is 0.358 e. The number of ether oxygens (including phenoxy) is 1. The first-order valence-corrected chi connectivity index (χ1v) is 6.25. The van der Waals surface area contributed by atoms with Crippen LogP contribution in [0, 0.1) is 0 Å². The molecule has 2 aromatic rings. The SMILES string of the molecule is CCOC(=O)c1c(-c2ccc(Br)cc2)nnn1C. The quantitative estimate of drug-likeness (QED) is 0.817. The Kier molecular flexibility index (Phi) is 3.76. The van der Waals surface area contributed by atoms with Gasteiger partial charge in [-0.2, -0.15) is 0 Å². The molecule has 0 saturated heterocycles. The van der Waals surface area contributed by atoms with Crippen molar-refractivity contribution in [1.82, 2.24) is 15.0 Å². The molecular formula is C12H12BrN3O2. The highest BCUT2D eigenvalue weighted by molar-refractivity contribution is 9.10. The molecule has 0 aliphatic heterocycles. The summed E-state index contributed by atoms with van der Waals surface area (Å²) in [5.74, 6) is -0.414. The highest BCUT2D eigenvalue weighted by Crippen LogP contribution is 2.23. The van der Waals surface area contributed by atoms with Gasteiger partial charge < -0.3 is 4.74 Å². The van der Waals surface area contributed by atoms with Crippen LogP contribution in [0.3, 0.4) is 0 Å². The molecule has 5 nitrogen and oxygen atoms in total. The number of rotatable bonds is 3. The van der Waals surface area contributed by atoms with Crippen LogP contribution in [0.15, 0.2) is 28.7 Å². The van der Waals surface area contributed by atoms with E-state index in [1.807, 2.05) is 24.3 Å². The highest BCUT2D eigenvalue weighted by Gasteiger charge is 2.20. The third kappa shape index (κ3) is 2.43. The fraction of sp³-hybridized carbons (Fsp3) is 0.250. The van der Waals surface area contributed by atoms with E-state index in [4.69, 9.17) is 4.74 Å². The van der Waals surface area contributed by atoms with Gasteiger partial charge in [-0.1, -0.05) is 33.3 Å². The average molecular weight is 310 g/mol. The molecule has 0 fully saturated rings. The summed E-state index contributed by atoms with van der Waals surface area (Å²) in [7, 11) is 1.67. The zero-order valence-electron chi connectivity index (χ0n) is 10.1. The number of aryl methyl sites for hydroxylation is 1. The Morgan fingerprint density at radius 1 is 1.39 bits per heavy atom. The lowest BCUT2D eigenvalue weighted by Gasteiger charge is -2.04. The number of esters is 1. The lowest BCUT2D eigenvalue weighted by molar-refractivity contribution is 0.0514. The summed E-state index contributed by atoms with van der Waals surface area (Å²) in [4.78, 5) is 11.9. The predicted molar refractivity (Wildman–Crippen MR) is 70.1 cm³/mol. The number of hydrogen-bond acceptors (Lipinski definition) is 4. The molecule has 0 spiro atoms. The van der Waals surface area contributed by atoms with E-state index in [0.717, 1.165) is 10.0 Å². The van der Waals surface area contributed by atoms with Gasteiger partial charge in [0.15, 0.2) is 5.69 Å². The smallest absolute Gasteiger partial charge is 0.358 e. The maximum absolute atomic E-state index is 11.9. The third-order valence-corrected chi connectivity index (χ3v) is 2.94. The largest absolute Gasteiger partial charge is 0.461 e. The Morgan fingerprint density at radius 3 is 2.67 bits per heavy atom. The first-order chi connectivity index (χ1) is 8.63. The second-order valence-electron chi connectivity index (χ2n) is 3.64. The van der Waals surface area contributed by atoms with Crippen molar-refractivity contribution >= 4 is 21.9 Å². The summed E-state index contributed by atoms with van der Waals surface area (Å²) in [6.45, 7) is 2.09. The highest BCUT2D eigenvalue weighted by atomic mass is 79.9. The van der Waals surface area contributed by atoms with Crippen molar-refractivity contribution in [1.29, 1.82) is 0 Å². The van der Waals surface area contributed by atoms with Gasteiger partial charge in [0, 0.05) is 17.1 Å². The number of carbonyl (C=O) groups excluding carboxylic acids is 1. The van der Waals surface area contributed by atoms with E-state index in [9.17, 15) is 4.79 Å². The molecule has 0 aliphatic carbocycles. The van der Waals surface area contributed by atoms with Gasteiger partial charge in [-0.3, -0.25) is 0 Å². The molecule has 18 heavy (non-hydrogen) atoms. The van der Waals surface area contributed by atoms with Crippen molar-refractivity contribution in [2.45, 2.75) is 6.92 Å². The third-order valence-electron chi connectivity index (χ3n) is 2.41. The molecule has 1 aromatic heterocycles. The van der Waals surface area contributed by atoms with Gasteiger partial charge in [-0.05, 0) is 19.1 Å². The number of halogens is 1. The van der Waals surface area contributed by atoms with Crippen molar-refractivity contribution in [3.8, 4) is 11.3 Å². The molecule has 0 atom stereocenters. The van der Waals surface area contributed by atoms with Crippen molar-refractivity contribution in [2.24, 2.45) is 7.05 Å². The summed E-state index contributed by atoms with van der Waals surface area (Å²) < 4.78 is 7.40. The summed E-state index contributed by atoms with van der Waals surface area (Å²) in [6, 6.07) is 7.52. The van der Waals surface area contributed by atoms with Crippen LogP contribution >= 0.6 is 15.9 Å². The van der Waals surface area contributed by atoms with Crippen molar-refractivity contribution in [2.75, 3.05) is 6.61 Å². The van der Waals surface area contributed by atoms with Gasteiger partial charge in [0.05, 0.1) is 6.61 Å². The van der Waals surface area contributed by atoms with Crippen molar-refractivity contribution in [3.63, 3.8) is 0 Å². The first-order valence-electron chi connectivity index (χ1n) is 5.46. The molecule has 0 bridgehead atoms. The number of benzene rings is 1. The number of nitrogens with zero attached hydrogens (tertiary/aromatic N) is 3. The Labute approximate surface area is 113 Å². The van der Waals surface area contributed by atoms with Crippen LogP contribution in [0.1, 0.15) is 17.4 Å². The molecule has 94 valence electrons. The minimum Gasteiger partial charge on any atom is -0.461 e. The Bertz CT molecular complexity index is 563. The van der Waals surface area contributed by atoms with Gasteiger partial charge in [-0.15, -0.1) is 5.10 Å². The van der Waals surface area contributed by atoms with Crippen LogP contribution < -0.4 is 0 Å². The number of aromatic nitrogens is 3. The Balaban J connectivity index is 2.45. The molecule has 2 rings (SSSR count). The number of hydrogen-bond donors (Lipinski definition) is 0. The van der Waals surface area contributed by atoms with Crippen LogP contribution in [0.25, 0.3) is 11.3 Å². The van der Waals surface area contributed by atoms with E-state index >= 15 is 0 Å². The number of carbonyl (C=O) groups is 1. The Hall–Kier alpha value is -1.69. The summed E-state index contributed by atoms with van der Waals surface area (Å²) in [5.41, 5.74) is 1.72. The zero-order valence-corrected chi connectivity index (χ0v) is 11.6. The monoisotopic (exact) mass is 309 g/mol. The molecule has 0 amide bonds. The minimum absolute atomic E-state index is 0.323. The van der Waals surface area contributed by atoms with Gasteiger partial charge >= 0.3 is 5.97 Å². The van der Waals surface area contributed by atoms with Gasteiger partial charge in [0.25, 0.3) is 0 Å². The van der Waals surface area contributed by atoms with Crippen molar-refractivity contribution < 1.29 is 9.53 Å². The summed E-state index contributed by atoms with van der Waals surface area (Å²) in [6.07, 6.45) is 0.